The van der Waals surface area contributed by atoms with Crippen molar-refractivity contribution in [3.63, 3.8) is 0 Å². The molecule has 4 N–H and O–H groups in total. The van der Waals surface area contributed by atoms with E-state index >= 15 is 0 Å². The molecule has 0 radical (unpaired) electrons. The standard InChI is InChI=1S/C13H17N3O2/c1-8-10(13(14)18)3-2-4-11(8)16-12(17)5-9-6-15-7-9/h2-4,9,15H,5-7H2,1H3,(H2,14,18)(H,16,17). The molecule has 5 heteroatoms. The molecule has 1 heterocycles. The van der Waals surface area contributed by atoms with Gasteiger partial charge in [-0.1, -0.05) is 6.07 Å². The summed E-state index contributed by atoms with van der Waals surface area (Å²) in [6, 6.07) is 5.15. The van der Waals surface area contributed by atoms with Crippen LogP contribution in [0.25, 0.3) is 0 Å². The van der Waals surface area contributed by atoms with Gasteiger partial charge in [-0.05, 0) is 43.6 Å². The van der Waals surface area contributed by atoms with Crippen LogP contribution in [-0.4, -0.2) is 24.9 Å². The van der Waals surface area contributed by atoms with Crippen LogP contribution in [0.5, 0.6) is 0 Å². The summed E-state index contributed by atoms with van der Waals surface area (Å²) < 4.78 is 0. The van der Waals surface area contributed by atoms with Crippen molar-refractivity contribution in [1.29, 1.82) is 0 Å². The Morgan fingerprint density at radius 1 is 1.44 bits per heavy atom. The van der Waals surface area contributed by atoms with Gasteiger partial charge < -0.3 is 16.4 Å². The molecule has 1 aliphatic heterocycles. The first-order valence-corrected chi connectivity index (χ1v) is 5.98. The number of amides is 2. The Labute approximate surface area is 106 Å². The quantitative estimate of drug-likeness (QED) is 0.730. The second-order valence-corrected chi connectivity index (χ2v) is 4.62. The zero-order valence-corrected chi connectivity index (χ0v) is 10.3. The minimum absolute atomic E-state index is 0.0220. The minimum atomic E-state index is -0.480. The number of anilines is 1. The average molecular weight is 247 g/mol. The van der Waals surface area contributed by atoms with Crippen LogP contribution in [0.15, 0.2) is 18.2 Å². The maximum absolute atomic E-state index is 11.8. The van der Waals surface area contributed by atoms with Gasteiger partial charge in [0.15, 0.2) is 0 Å². The first-order chi connectivity index (χ1) is 8.58. The molecular weight excluding hydrogens is 230 g/mol. The molecule has 0 atom stereocenters. The fourth-order valence-corrected chi connectivity index (χ4v) is 1.99. The van der Waals surface area contributed by atoms with Crippen LogP contribution < -0.4 is 16.4 Å². The maximum Gasteiger partial charge on any atom is 0.249 e. The highest BCUT2D eigenvalue weighted by molar-refractivity contribution is 5.98. The summed E-state index contributed by atoms with van der Waals surface area (Å²) in [5.74, 6) is -0.0809. The van der Waals surface area contributed by atoms with E-state index in [1.165, 1.54) is 0 Å². The summed E-state index contributed by atoms with van der Waals surface area (Å²) in [5, 5.41) is 5.95. The molecule has 0 aromatic heterocycles. The molecule has 96 valence electrons. The van der Waals surface area contributed by atoms with Gasteiger partial charge in [0.2, 0.25) is 11.8 Å². The van der Waals surface area contributed by atoms with E-state index in [1.807, 2.05) is 0 Å². The van der Waals surface area contributed by atoms with Crippen LogP contribution in [-0.2, 0) is 4.79 Å². The SMILES string of the molecule is Cc1c(NC(=O)CC2CNC2)cccc1C(N)=O. The lowest BCUT2D eigenvalue weighted by Crippen LogP contribution is -2.43. The summed E-state index contributed by atoms with van der Waals surface area (Å²) in [4.78, 5) is 23.0. The van der Waals surface area contributed by atoms with Crippen LogP contribution in [0.4, 0.5) is 5.69 Å². The third-order valence-electron chi connectivity index (χ3n) is 3.21. The number of hydrogen-bond acceptors (Lipinski definition) is 3. The largest absolute Gasteiger partial charge is 0.366 e. The molecule has 1 fully saturated rings. The van der Waals surface area contributed by atoms with Gasteiger partial charge in [0.1, 0.15) is 0 Å². The molecule has 1 aromatic carbocycles. The monoisotopic (exact) mass is 247 g/mol. The number of nitrogens with one attached hydrogen (secondary N) is 2. The van der Waals surface area contributed by atoms with Gasteiger partial charge >= 0.3 is 0 Å². The molecule has 2 rings (SSSR count). The summed E-state index contributed by atoms with van der Waals surface area (Å²) in [7, 11) is 0. The van der Waals surface area contributed by atoms with E-state index in [0.29, 0.717) is 29.2 Å². The number of rotatable bonds is 4. The van der Waals surface area contributed by atoms with Crippen molar-refractivity contribution in [2.45, 2.75) is 13.3 Å². The van der Waals surface area contributed by atoms with Crippen molar-refractivity contribution in [3.8, 4) is 0 Å². The van der Waals surface area contributed by atoms with Crippen molar-refractivity contribution >= 4 is 17.5 Å². The Kier molecular flexibility index (Phi) is 3.62. The Balaban J connectivity index is 2.06. The molecule has 1 saturated heterocycles. The van der Waals surface area contributed by atoms with Crippen LogP contribution in [0, 0.1) is 12.8 Å². The number of hydrogen-bond donors (Lipinski definition) is 3. The summed E-state index contributed by atoms with van der Waals surface area (Å²) in [6.07, 6.45) is 0.507. The second kappa shape index (κ2) is 5.18. The fraction of sp³-hybridized carbons (Fsp3) is 0.385. The van der Waals surface area contributed by atoms with Crippen LogP contribution in [0.1, 0.15) is 22.3 Å². The molecule has 0 spiro atoms. The fourth-order valence-electron chi connectivity index (χ4n) is 1.99. The van der Waals surface area contributed by atoms with Gasteiger partial charge in [-0.3, -0.25) is 9.59 Å². The summed E-state index contributed by atoms with van der Waals surface area (Å²) in [5.41, 5.74) is 7.08. The van der Waals surface area contributed by atoms with Gasteiger partial charge in [0, 0.05) is 17.7 Å². The van der Waals surface area contributed by atoms with Gasteiger partial charge in [-0.2, -0.15) is 0 Å². The van der Waals surface area contributed by atoms with Crippen molar-refractivity contribution in [2.24, 2.45) is 11.7 Å². The summed E-state index contributed by atoms with van der Waals surface area (Å²) in [6.45, 7) is 3.57. The number of carbonyl (C=O) groups excluding carboxylic acids is 2. The minimum Gasteiger partial charge on any atom is -0.366 e. The van der Waals surface area contributed by atoms with Crippen molar-refractivity contribution in [3.05, 3.63) is 29.3 Å². The number of primary amides is 1. The lowest BCUT2D eigenvalue weighted by molar-refractivity contribution is -0.117. The molecule has 2 amide bonds. The Morgan fingerprint density at radius 3 is 2.72 bits per heavy atom. The zero-order chi connectivity index (χ0) is 13.1. The lowest BCUT2D eigenvalue weighted by atomic mass is 9.99. The third-order valence-corrected chi connectivity index (χ3v) is 3.21. The Hall–Kier alpha value is -1.88. The molecule has 0 unspecified atom stereocenters. The first-order valence-electron chi connectivity index (χ1n) is 5.98. The van der Waals surface area contributed by atoms with E-state index in [-0.39, 0.29) is 5.91 Å². The number of carbonyl (C=O) groups is 2. The first kappa shape index (κ1) is 12.6. The molecule has 1 aliphatic rings. The highest BCUT2D eigenvalue weighted by atomic mass is 16.2. The highest BCUT2D eigenvalue weighted by Crippen LogP contribution is 2.19. The predicted octanol–water partition coefficient (Wildman–Crippen LogP) is 0.642. The summed E-state index contributed by atoms with van der Waals surface area (Å²) >= 11 is 0. The second-order valence-electron chi connectivity index (χ2n) is 4.62. The van der Waals surface area contributed by atoms with E-state index in [1.54, 1.807) is 25.1 Å². The van der Waals surface area contributed by atoms with Crippen molar-refractivity contribution < 1.29 is 9.59 Å². The van der Waals surface area contributed by atoms with Gasteiger partial charge in [-0.15, -0.1) is 0 Å². The molecule has 5 nitrogen and oxygen atoms in total. The number of benzene rings is 1. The van der Waals surface area contributed by atoms with E-state index in [4.69, 9.17) is 5.73 Å². The molecule has 0 saturated carbocycles. The predicted molar refractivity (Wildman–Crippen MR) is 69.3 cm³/mol. The van der Waals surface area contributed by atoms with E-state index in [0.717, 1.165) is 13.1 Å². The topological polar surface area (TPSA) is 84.2 Å². The van der Waals surface area contributed by atoms with Crippen LogP contribution in [0.2, 0.25) is 0 Å². The van der Waals surface area contributed by atoms with E-state index in [2.05, 4.69) is 10.6 Å². The van der Waals surface area contributed by atoms with Crippen LogP contribution in [0.3, 0.4) is 0 Å². The normalized spacial score (nSPS) is 14.9. The molecule has 18 heavy (non-hydrogen) atoms. The van der Waals surface area contributed by atoms with Gasteiger partial charge in [0.25, 0.3) is 0 Å². The smallest absolute Gasteiger partial charge is 0.249 e. The number of nitrogens with two attached hydrogens (primary N) is 1. The molecular formula is C13H17N3O2. The van der Waals surface area contributed by atoms with Crippen molar-refractivity contribution in [2.75, 3.05) is 18.4 Å². The zero-order valence-electron chi connectivity index (χ0n) is 10.3. The van der Waals surface area contributed by atoms with E-state index < -0.39 is 5.91 Å². The third kappa shape index (κ3) is 2.68. The van der Waals surface area contributed by atoms with E-state index in [9.17, 15) is 9.59 Å². The maximum atomic E-state index is 11.8. The van der Waals surface area contributed by atoms with Gasteiger partial charge in [0.05, 0.1) is 0 Å². The highest BCUT2D eigenvalue weighted by Gasteiger charge is 2.20. The molecule has 1 aromatic rings. The van der Waals surface area contributed by atoms with Crippen molar-refractivity contribution in [1.82, 2.24) is 5.32 Å². The average Bonchev–Trinajstić information content (AvgIpc) is 2.26. The van der Waals surface area contributed by atoms with Gasteiger partial charge in [-0.25, -0.2) is 0 Å². The Bertz CT molecular complexity index is 481. The Morgan fingerprint density at radius 2 is 2.17 bits per heavy atom. The molecule has 0 bridgehead atoms. The van der Waals surface area contributed by atoms with Crippen LogP contribution >= 0.6 is 0 Å². The molecule has 0 aliphatic carbocycles. The lowest BCUT2D eigenvalue weighted by Gasteiger charge is -2.26.